The molecule has 0 heterocycles. The third-order valence-electron chi connectivity index (χ3n) is 4.04. The third kappa shape index (κ3) is 4.95. The molecule has 0 amide bonds. The van der Waals surface area contributed by atoms with Gasteiger partial charge in [-0.2, -0.15) is 43.9 Å². The van der Waals surface area contributed by atoms with Gasteiger partial charge in [-0.1, -0.05) is 0 Å². The second kappa shape index (κ2) is 8.66. The van der Waals surface area contributed by atoms with Crippen LogP contribution in [0.1, 0.15) is 37.5 Å². The fourth-order valence-corrected chi connectivity index (χ4v) is 2.31. The van der Waals surface area contributed by atoms with Crippen molar-refractivity contribution >= 4 is 17.9 Å². The smallest absolute Gasteiger partial charge is 0.438 e. The van der Waals surface area contributed by atoms with Crippen molar-refractivity contribution in [2.45, 2.75) is 36.3 Å². The molecule has 1 aromatic rings. The molecule has 0 spiro atoms. The first-order valence-electron chi connectivity index (χ1n) is 7.97. The molecular formula is C16H9F11O6. The third-order valence-corrected chi connectivity index (χ3v) is 4.04. The number of carboxylic acids is 2. The average Bonchev–Trinajstić information content (AvgIpc) is 2.64. The van der Waals surface area contributed by atoms with Crippen LogP contribution in [0, 0.1) is 0 Å². The van der Waals surface area contributed by atoms with E-state index in [1.54, 1.807) is 0 Å². The van der Waals surface area contributed by atoms with E-state index in [0.29, 0.717) is 18.2 Å². The Morgan fingerprint density at radius 2 is 1.24 bits per heavy atom. The summed E-state index contributed by atoms with van der Waals surface area (Å²) in [5, 5.41) is 17.7. The number of carboxylic acid groups (broad SMARTS) is 2. The van der Waals surface area contributed by atoms with Gasteiger partial charge in [-0.05, 0) is 18.2 Å². The van der Waals surface area contributed by atoms with Crippen LogP contribution in [0.2, 0.25) is 0 Å². The normalized spacial score (nSPS) is 13.5. The lowest BCUT2D eigenvalue weighted by molar-refractivity contribution is -0.427. The minimum atomic E-state index is -7.67. The predicted octanol–water partition coefficient (Wildman–Crippen LogP) is 4.73. The summed E-state index contributed by atoms with van der Waals surface area (Å²) in [7, 11) is 0. The molecule has 0 saturated carbocycles. The molecule has 33 heavy (non-hydrogen) atoms. The van der Waals surface area contributed by atoms with E-state index in [9.17, 15) is 62.7 Å². The van der Waals surface area contributed by atoms with Crippen molar-refractivity contribution in [1.29, 1.82) is 0 Å². The van der Waals surface area contributed by atoms with E-state index in [4.69, 9.17) is 10.2 Å². The second-order valence-corrected chi connectivity index (χ2v) is 6.19. The summed E-state index contributed by atoms with van der Waals surface area (Å²) in [5.74, 6) is -19.4. The van der Waals surface area contributed by atoms with Gasteiger partial charge in [0, 0.05) is 0 Å². The van der Waals surface area contributed by atoms with Crippen molar-refractivity contribution in [1.82, 2.24) is 0 Å². The number of aromatic carboxylic acids is 2. The highest BCUT2D eigenvalue weighted by Crippen LogP contribution is 2.59. The Kier molecular flexibility index (Phi) is 7.32. The minimum absolute atomic E-state index is 0.362. The average molecular weight is 506 g/mol. The Labute approximate surface area is 174 Å². The topological polar surface area (TPSA) is 101 Å². The van der Waals surface area contributed by atoms with Gasteiger partial charge in [-0.15, -0.1) is 0 Å². The SMILES string of the molecule is O=C(O)c1ccc(C(=O)O)c(C(=O)OCCC(F)(F)C(F)(F)C(F)(C(F)(F)F)C(F)(F)F)c1. The Bertz CT molecular complexity index is 922. The molecular weight excluding hydrogens is 497 g/mol. The van der Waals surface area contributed by atoms with E-state index in [2.05, 4.69) is 4.74 Å². The molecule has 0 atom stereocenters. The van der Waals surface area contributed by atoms with Gasteiger partial charge in [-0.25, -0.2) is 18.8 Å². The summed E-state index contributed by atoms with van der Waals surface area (Å²) in [4.78, 5) is 33.8. The summed E-state index contributed by atoms with van der Waals surface area (Å²) >= 11 is 0. The second-order valence-electron chi connectivity index (χ2n) is 6.19. The number of esters is 1. The number of halogens is 11. The molecule has 186 valence electrons. The highest BCUT2D eigenvalue weighted by atomic mass is 19.4. The summed E-state index contributed by atoms with van der Waals surface area (Å²) in [5.41, 5.74) is -10.5. The van der Waals surface area contributed by atoms with Gasteiger partial charge < -0.3 is 14.9 Å². The lowest BCUT2D eigenvalue weighted by Gasteiger charge is -2.39. The van der Waals surface area contributed by atoms with E-state index < -0.39 is 77.5 Å². The summed E-state index contributed by atoms with van der Waals surface area (Å²) in [6, 6.07) is 1.60. The molecule has 2 N–H and O–H groups in total. The first kappa shape index (κ1) is 27.9. The monoisotopic (exact) mass is 506 g/mol. The zero-order valence-electron chi connectivity index (χ0n) is 15.3. The number of carbonyl (C=O) groups is 3. The molecule has 0 unspecified atom stereocenters. The molecule has 0 aromatic heterocycles. The lowest BCUT2D eigenvalue weighted by Crippen LogP contribution is -2.70. The van der Waals surface area contributed by atoms with Gasteiger partial charge in [0.1, 0.15) is 0 Å². The maximum atomic E-state index is 13.6. The summed E-state index contributed by atoms with van der Waals surface area (Å²) < 4.78 is 146. The fourth-order valence-electron chi connectivity index (χ4n) is 2.31. The van der Waals surface area contributed by atoms with E-state index >= 15 is 0 Å². The standard InChI is InChI=1S/C16H9F11O6/c17-12(18,14(20,21)13(19,15(22,23)24)16(25,26)27)3-4-33-11(32)8-5-6(9(28)29)1-2-7(8)10(30)31/h1-2,5H,3-4H2,(H,28,29)(H,30,31). The molecule has 0 fully saturated rings. The molecule has 0 aliphatic heterocycles. The number of alkyl halides is 11. The van der Waals surface area contributed by atoms with Gasteiger partial charge in [-0.3, -0.25) is 0 Å². The molecule has 0 saturated heterocycles. The molecule has 0 radical (unpaired) electrons. The molecule has 0 aliphatic rings. The van der Waals surface area contributed by atoms with Crippen molar-refractivity contribution < 1.29 is 77.6 Å². The first-order chi connectivity index (χ1) is 14.6. The van der Waals surface area contributed by atoms with E-state index in [1.807, 2.05) is 0 Å². The molecule has 1 aromatic carbocycles. The van der Waals surface area contributed by atoms with Crippen LogP contribution in [0.3, 0.4) is 0 Å². The van der Waals surface area contributed by atoms with Gasteiger partial charge in [0.2, 0.25) is 0 Å². The highest BCUT2D eigenvalue weighted by Gasteiger charge is 2.89. The number of rotatable bonds is 8. The molecule has 0 aliphatic carbocycles. The Morgan fingerprint density at radius 1 is 0.758 bits per heavy atom. The largest absolute Gasteiger partial charge is 0.478 e. The minimum Gasteiger partial charge on any atom is -0.478 e. The maximum absolute atomic E-state index is 13.6. The number of ether oxygens (including phenoxy) is 1. The van der Waals surface area contributed by atoms with Crippen LogP contribution in [0.25, 0.3) is 0 Å². The zero-order valence-corrected chi connectivity index (χ0v) is 15.3. The van der Waals surface area contributed by atoms with Crippen LogP contribution >= 0.6 is 0 Å². The van der Waals surface area contributed by atoms with Gasteiger partial charge in [0.15, 0.2) is 0 Å². The molecule has 6 nitrogen and oxygen atoms in total. The number of benzene rings is 1. The van der Waals surface area contributed by atoms with Crippen LogP contribution < -0.4 is 0 Å². The van der Waals surface area contributed by atoms with Gasteiger partial charge in [0.05, 0.1) is 29.7 Å². The van der Waals surface area contributed by atoms with Crippen LogP contribution in [-0.4, -0.2) is 64.6 Å². The molecule has 17 heteroatoms. The highest BCUT2D eigenvalue weighted by molar-refractivity contribution is 6.04. The zero-order chi connectivity index (χ0) is 26.2. The Morgan fingerprint density at radius 3 is 1.64 bits per heavy atom. The molecule has 1 rings (SSSR count). The van der Waals surface area contributed by atoms with Crippen LogP contribution in [-0.2, 0) is 4.74 Å². The number of hydrogen-bond acceptors (Lipinski definition) is 4. The maximum Gasteiger partial charge on any atom is 0.438 e. The van der Waals surface area contributed by atoms with Crippen molar-refractivity contribution in [2.75, 3.05) is 6.61 Å². The van der Waals surface area contributed by atoms with Crippen LogP contribution in [0.5, 0.6) is 0 Å². The quantitative estimate of drug-likeness (QED) is 0.391. The van der Waals surface area contributed by atoms with E-state index in [0.717, 1.165) is 0 Å². The van der Waals surface area contributed by atoms with Crippen molar-refractivity contribution in [3.05, 3.63) is 34.9 Å². The molecule has 0 bridgehead atoms. The van der Waals surface area contributed by atoms with Gasteiger partial charge in [0.25, 0.3) is 0 Å². The van der Waals surface area contributed by atoms with E-state index in [1.165, 1.54) is 0 Å². The van der Waals surface area contributed by atoms with Crippen molar-refractivity contribution in [3.63, 3.8) is 0 Å². The van der Waals surface area contributed by atoms with E-state index in [-0.39, 0.29) is 0 Å². The Hall–Kier alpha value is -3.14. The van der Waals surface area contributed by atoms with Crippen molar-refractivity contribution in [2.24, 2.45) is 0 Å². The Balaban J connectivity index is 3.19. The van der Waals surface area contributed by atoms with Gasteiger partial charge >= 0.3 is 47.8 Å². The number of carbonyl (C=O) groups excluding carboxylic acids is 1. The van der Waals surface area contributed by atoms with Crippen LogP contribution in [0.4, 0.5) is 48.3 Å². The first-order valence-corrected chi connectivity index (χ1v) is 7.97. The van der Waals surface area contributed by atoms with Crippen molar-refractivity contribution in [3.8, 4) is 0 Å². The van der Waals surface area contributed by atoms with Crippen LogP contribution in [0.15, 0.2) is 18.2 Å². The summed E-state index contributed by atoms with van der Waals surface area (Å²) in [6.45, 7) is -2.04. The predicted molar refractivity (Wildman–Crippen MR) is 81.1 cm³/mol. The number of hydrogen-bond donors (Lipinski definition) is 2. The fraction of sp³-hybridized carbons (Fsp3) is 0.438. The summed E-state index contributed by atoms with van der Waals surface area (Å²) in [6.07, 6.45) is -17.8. The lowest BCUT2D eigenvalue weighted by atomic mass is 9.89.